The van der Waals surface area contributed by atoms with E-state index in [1.165, 1.54) is 24.4 Å². The molecule has 0 spiro atoms. The summed E-state index contributed by atoms with van der Waals surface area (Å²) in [6, 6.07) is 16.3. The zero-order chi connectivity index (χ0) is 25.4. The molecule has 9 heteroatoms. The number of hydrogen-bond donors (Lipinski definition) is 3. The fourth-order valence-electron chi connectivity index (χ4n) is 3.80. The van der Waals surface area contributed by atoms with Crippen LogP contribution in [0.15, 0.2) is 70.8 Å². The Bertz CT molecular complexity index is 1280. The largest absolute Gasteiger partial charge is 0.428 e. The molecule has 0 bridgehead atoms. The third-order valence-corrected chi connectivity index (χ3v) is 5.50. The summed E-state index contributed by atoms with van der Waals surface area (Å²) in [7, 11) is 0. The molecule has 2 amide bonds. The van der Waals surface area contributed by atoms with Gasteiger partial charge in [-0.1, -0.05) is 32.4 Å². The SMILES string of the molecule is C#CN=C(N=c1cccc2n(O)cccc1-2)N(CC)C(CNC(=O)Nc1cccc(F)c1)C(C)C. The van der Waals surface area contributed by atoms with E-state index in [0.717, 1.165) is 10.3 Å². The summed E-state index contributed by atoms with van der Waals surface area (Å²) < 4.78 is 14.4. The number of terminal acetylenes is 1. The van der Waals surface area contributed by atoms with Crippen molar-refractivity contribution < 1.29 is 14.4 Å². The van der Waals surface area contributed by atoms with E-state index in [-0.39, 0.29) is 18.5 Å². The Balaban J connectivity index is 1.86. The third-order valence-electron chi connectivity index (χ3n) is 5.50. The van der Waals surface area contributed by atoms with Crippen LogP contribution in [0.1, 0.15) is 20.8 Å². The molecule has 0 aromatic heterocycles. The summed E-state index contributed by atoms with van der Waals surface area (Å²) in [5.41, 5.74) is 1.68. The Morgan fingerprint density at radius 2 is 2.00 bits per heavy atom. The molecule has 1 aromatic carbocycles. The number of carbonyl (C=O) groups excluding carboxylic acids is 1. The van der Waals surface area contributed by atoms with Crippen LogP contribution in [-0.4, -0.2) is 46.0 Å². The first-order valence-corrected chi connectivity index (χ1v) is 11.3. The van der Waals surface area contributed by atoms with Crippen LogP contribution in [-0.2, 0) is 0 Å². The summed E-state index contributed by atoms with van der Waals surface area (Å²) in [6.45, 7) is 6.82. The molecule has 1 unspecified atom stereocenters. The molecule has 0 saturated carbocycles. The average Bonchev–Trinajstić information content (AvgIpc) is 2.82. The normalized spacial score (nSPS) is 12.9. The molecule has 0 fully saturated rings. The maximum atomic E-state index is 13.4. The number of benzene rings is 2. The summed E-state index contributed by atoms with van der Waals surface area (Å²) in [5, 5.41) is 16.2. The van der Waals surface area contributed by atoms with Crippen molar-refractivity contribution in [1.82, 2.24) is 14.9 Å². The van der Waals surface area contributed by atoms with E-state index in [9.17, 15) is 14.4 Å². The zero-order valence-electron chi connectivity index (χ0n) is 19.9. The van der Waals surface area contributed by atoms with E-state index in [1.807, 2.05) is 37.8 Å². The molecule has 1 aromatic rings. The fourth-order valence-corrected chi connectivity index (χ4v) is 3.80. The van der Waals surface area contributed by atoms with Crippen molar-refractivity contribution in [2.24, 2.45) is 15.9 Å². The first-order chi connectivity index (χ1) is 16.8. The quantitative estimate of drug-likeness (QED) is 0.217. The molecule has 35 heavy (non-hydrogen) atoms. The molecular formula is C26H29FN6O2. The van der Waals surface area contributed by atoms with Gasteiger partial charge in [0.1, 0.15) is 5.82 Å². The van der Waals surface area contributed by atoms with Crippen molar-refractivity contribution in [1.29, 1.82) is 0 Å². The fraction of sp³-hybridized carbons (Fsp3) is 0.269. The van der Waals surface area contributed by atoms with Crippen molar-refractivity contribution in [3.63, 3.8) is 0 Å². The van der Waals surface area contributed by atoms with Crippen LogP contribution in [0.2, 0.25) is 0 Å². The van der Waals surface area contributed by atoms with Crippen molar-refractivity contribution in [3.05, 3.63) is 72.0 Å². The van der Waals surface area contributed by atoms with Crippen molar-refractivity contribution in [3.8, 4) is 23.7 Å². The number of guanidine groups is 1. The van der Waals surface area contributed by atoms with E-state index in [4.69, 9.17) is 11.4 Å². The van der Waals surface area contributed by atoms with Crippen molar-refractivity contribution >= 4 is 17.7 Å². The Hall–Kier alpha value is -4.32. The lowest BCUT2D eigenvalue weighted by atomic mass is 10.0. The number of aromatic nitrogens is 1. The number of anilines is 1. The highest BCUT2D eigenvalue weighted by Gasteiger charge is 2.25. The molecule has 1 aliphatic heterocycles. The number of amides is 2. The number of aliphatic imine (C=N–C) groups is 1. The predicted molar refractivity (Wildman–Crippen MR) is 134 cm³/mol. The van der Waals surface area contributed by atoms with Gasteiger partial charge < -0.3 is 20.7 Å². The standard InChI is InChI=1S/C26H29FN6O2/c1-5-28-25(31-22-13-8-14-23-21(22)12-9-15-33(23)35)32(6-2)24(18(3)4)17-29-26(34)30-20-11-7-10-19(27)16-20/h1,7-16,18,24,35H,6,17H2,2-4H3,(H2,29,30,34). The lowest BCUT2D eigenvalue weighted by molar-refractivity contribution is 0.189. The number of nitrogens with one attached hydrogen (secondary N) is 2. The molecule has 1 heterocycles. The molecule has 1 atom stereocenters. The Labute approximate surface area is 204 Å². The van der Waals surface area contributed by atoms with Gasteiger partial charge in [-0.2, -0.15) is 9.72 Å². The molecule has 0 saturated heterocycles. The van der Waals surface area contributed by atoms with Crippen LogP contribution in [0.3, 0.4) is 0 Å². The molecular weight excluding hydrogens is 447 g/mol. The number of pyridine rings is 1. The Morgan fingerprint density at radius 3 is 2.69 bits per heavy atom. The summed E-state index contributed by atoms with van der Waals surface area (Å²) >= 11 is 0. The number of halogens is 1. The van der Waals surface area contributed by atoms with Gasteiger partial charge in [0.05, 0.1) is 17.1 Å². The maximum Gasteiger partial charge on any atom is 0.319 e. The Morgan fingerprint density at radius 1 is 1.23 bits per heavy atom. The van der Waals surface area contributed by atoms with E-state index in [1.54, 1.807) is 24.3 Å². The second-order valence-electron chi connectivity index (χ2n) is 8.16. The monoisotopic (exact) mass is 476 g/mol. The van der Waals surface area contributed by atoms with Crippen LogP contribution in [0, 0.1) is 24.2 Å². The van der Waals surface area contributed by atoms with Gasteiger partial charge in [0, 0.05) is 36.6 Å². The Kier molecular flexibility index (Phi) is 8.46. The highest BCUT2D eigenvalue weighted by Crippen LogP contribution is 2.17. The molecule has 0 radical (unpaired) electrons. The highest BCUT2D eigenvalue weighted by molar-refractivity contribution is 5.89. The highest BCUT2D eigenvalue weighted by atomic mass is 19.1. The number of carbonyl (C=O) groups is 1. The van der Waals surface area contributed by atoms with Gasteiger partial charge in [-0.05, 0) is 55.3 Å². The van der Waals surface area contributed by atoms with E-state index >= 15 is 0 Å². The third kappa shape index (κ3) is 6.38. The van der Waals surface area contributed by atoms with Gasteiger partial charge in [0.2, 0.25) is 5.96 Å². The van der Waals surface area contributed by atoms with E-state index in [0.29, 0.717) is 29.2 Å². The second kappa shape index (κ2) is 11.7. The summed E-state index contributed by atoms with van der Waals surface area (Å²) in [5.74, 6) is -0.00601. The molecule has 3 N–H and O–H groups in total. The number of hydrogen-bond acceptors (Lipinski definition) is 3. The van der Waals surface area contributed by atoms with Crippen LogP contribution in [0.5, 0.6) is 0 Å². The second-order valence-corrected chi connectivity index (χ2v) is 8.16. The van der Waals surface area contributed by atoms with Gasteiger partial charge in [0.15, 0.2) is 0 Å². The summed E-state index contributed by atoms with van der Waals surface area (Å²) in [6.07, 6.45) is 7.07. The molecule has 3 rings (SSSR count). The predicted octanol–water partition coefficient (Wildman–Crippen LogP) is 3.98. The van der Waals surface area contributed by atoms with Crippen molar-refractivity contribution in [2.75, 3.05) is 18.4 Å². The van der Waals surface area contributed by atoms with E-state index < -0.39 is 11.8 Å². The summed E-state index contributed by atoms with van der Waals surface area (Å²) in [4.78, 5) is 23.3. The average molecular weight is 477 g/mol. The number of likely N-dealkylation sites (N-methyl/N-ethyl adjacent to an activating group) is 1. The van der Waals surface area contributed by atoms with Gasteiger partial charge >= 0.3 is 6.03 Å². The van der Waals surface area contributed by atoms with Crippen LogP contribution >= 0.6 is 0 Å². The zero-order valence-corrected chi connectivity index (χ0v) is 19.9. The smallest absolute Gasteiger partial charge is 0.319 e. The first kappa shape index (κ1) is 25.3. The van der Waals surface area contributed by atoms with Gasteiger partial charge in [-0.15, -0.1) is 0 Å². The molecule has 1 aliphatic carbocycles. The maximum absolute atomic E-state index is 13.4. The van der Waals surface area contributed by atoms with Crippen LogP contribution in [0.25, 0.3) is 11.3 Å². The number of rotatable bonds is 6. The van der Waals surface area contributed by atoms with Crippen LogP contribution in [0.4, 0.5) is 14.9 Å². The number of urea groups is 1. The minimum absolute atomic E-state index is 0.106. The van der Waals surface area contributed by atoms with Gasteiger partial charge in [-0.25, -0.2) is 14.2 Å². The topological polar surface area (TPSA) is 94.2 Å². The molecule has 8 nitrogen and oxygen atoms in total. The minimum Gasteiger partial charge on any atom is -0.428 e. The van der Waals surface area contributed by atoms with Gasteiger partial charge in [-0.3, -0.25) is 0 Å². The molecule has 2 aliphatic rings. The number of fused-ring (bicyclic) bond motifs is 1. The van der Waals surface area contributed by atoms with Crippen LogP contribution < -0.4 is 16.0 Å². The lowest BCUT2D eigenvalue weighted by Gasteiger charge is -2.34. The molecule has 182 valence electrons. The van der Waals surface area contributed by atoms with E-state index in [2.05, 4.69) is 21.7 Å². The lowest BCUT2D eigenvalue weighted by Crippen LogP contribution is -2.50. The number of nitrogens with zero attached hydrogens (tertiary/aromatic N) is 4. The minimum atomic E-state index is -0.453. The van der Waals surface area contributed by atoms with Gasteiger partial charge in [0.25, 0.3) is 0 Å². The first-order valence-electron chi connectivity index (χ1n) is 11.3. The van der Waals surface area contributed by atoms with Crippen molar-refractivity contribution in [2.45, 2.75) is 26.8 Å².